The highest BCUT2D eigenvalue weighted by Gasteiger charge is 2.45. The Hall–Kier alpha value is -1.97. The summed E-state index contributed by atoms with van der Waals surface area (Å²) in [4.78, 5) is 24.3. The Morgan fingerprint density at radius 2 is 2.37 bits per heavy atom. The number of carbonyl (C=O) groups excluding carboxylic acids is 1. The highest BCUT2D eigenvalue weighted by atomic mass is 16.5. The number of urea groups is 1. The third-order valence-electron chi connectivity index (χ3n) is 3.12. The largest absolute Gasteiger partial charge is 0.394 e. The van der Waals surface area contributed by atoms with Gasteiger partial charge in [0.15, 0.2) is 17.4 Å². The predicted molar refractivity (Wildman–Crippen MR) is 64.7 cm³/mol. The lowest BCUT2D eigenvalue weighted by atomic mass is 10.2. The number of hydrogen-bond donors (Lipinski definition) is 3. The van der Waals surface area contributed by atoms with Gasteiger partial charge in [0.25, 0.3) is 0 Å². The lowest BCUT2D eigenvalue weighted by Gasteiger charge is -2.23. The molecule has 3 heterocycles. The molecule has 1 fully saturated rings. The second-order valence-electron chi connectivity index (χ2n) is 4.27. The van der Waals surface area contributed by atoms with Crippen LogP contribution in [0.4, 0.5) is 4.79 Å². The number of hydrogen-bond acceptors (Lipinski definition) is 6. The number of aliphatic hydroxyl groups is 2. The highest BCUT2D eigenvalue weighted by molar-refractivity contribution is 6.72. The van der Waals surface area contributed by atoms with Crippen molar-refractivity contribution < 1.29 is 19.7 Å². The molecule has 3 atom stereocenters. The van der Waals surface area contributed by atoms with Crippen molar-refractivity contribution in [1.82, 2.24) is 4.90 Å². The van der Waals surface area contributed by atoms with Gasteiger partial charge in [-0.25, -0.2) is 19.7 Å². The number of carbonyl (C=O) groups is 1. The van der Waals surface area contributed by atoms with Crippen LogP contribution < -0.4 is 0 Å². The van der Waals surface area contributed by atoms with Crippen molar-refractivity contribution in [3.05, 3.63) is 0 Å². The SMILES string of the molecule is N=C1N=CN=C2C1=NC(=O)N2[C@H]1C[C@H](O)[C@@H](CO)O1. The maximum absolute atomic E-state index is 11.9. The van der Waals surface area contributed by atoms with E-state index in [-0.39, 0.29) is 30.4 Å². The van der Waals surface area contributed by atoms with Gasteiger partial charge in [0.2, 0.25) is 0 Å². The van der Waals surface area contributed by atoms with Crippen molar-refractivity contribution in [2.24, 2.45) is 15.0 Å². The van der Waals surface area contributed by atoms with Crippen molar-refractivity contribution in [1.29, 1.82) is 5.41 Å². The van der Waals surface area contributed by atoms with Crippen LogP contribution in [0.5, 0.6) is 0 Å². The van der Waals surface area contributed by atoms with Gasteiger partial charge in [0.1, 0.15) is 18.7 Å². The van der Waals surface area contributed by atoms with E-state index >= 15 is 0 Å². The van der Waals surface area contributed by atoms with Crippen LogP contribution >= 0.6 is 0 Å². The zero-order valence-corrected chi connectivity index (χ0v) is 9.72. The fourth-order valence-corrected chi connectivity index (χ4v) is 2.19. The summed E-state index contributed by atoms with van der Waals surface area (Å²) in [7, 11) is 0. The van der Waals surface area contributed by atoms with Gasteiger partial charge in [-0.15, -0.1) is 0 Å². The van der Waals surface area contributed by atoms with Crippen molar-refractivity contribution in [3.63, 3.8) is 0 Å². The summed E-state index contributed by atoms with van der Waals surface area (Å²) in [6.45, 7) is -0.336. The molecule has 9 heteroatoms. The highest BCUT2D eigenvalue weighted by Crippen LogP contribution is 2.27. The normalized spacial score (nSPS) is 33.6. The van der Waals surface area contributed by atoms with E-state index in [1.165, 1.54) is 4.90 Å². The van der Waals surface area contributed by atoms with E-state index in [0.29, 0.717) is 0 Å². The minimum Gasteiger partial charge on any atom is -0.394 e. The molecule has 0 bridgehead atoms. The Balaban J connectivity index is 1.87. The molecule has 1 saturated heterocycles. The first-order valence-electron chi connectivity index (χ1n) is 5.67. The molecule has 3 rings (SSSR count). The summed E-state index contributed by atoms with van der Waals surface area (Å²) in [5.74, 6) is 0.0545. The third kappa shape index (κ3) is 1.79. The first-order valence-corrected chi connectivity index (χ1v) is 5.67. The van der Waals surface area contributed by atoms with Crippen molar-refractivity contribution in [3.8, 4) is 0 Å². The lowest BCUT2D eigenvalue weighted by Crippen LogP contribution is -2.44. The van der Waals surface area contributed by atoms with Crippen molar-refractivity contribution in [2.75, 3.05) is 6.61 Å². The molecule has 0 spiro atoms. The summed E-state index contributed by atoms with van der Waals surface area (Å²) in [6, 6.07) is -0.611. The van der Waals surface area contributed by atoms with Gasteiger partial charge in [0, 0.05) is 6.42 Å². The van der Waals surface area contributed by atoms with Crippen LogP contribution in [0, 0.1) is 5.41 Å². The molecule has 3 aliphatic heterocycles. The number of aliphatic imine (C=N–C) groups is 3. The molecule has 0 aliphatic carbocycles. The second kappa shape index (κ2) is 4.30. The fraction of sp³-hybridized carbons (Fsp3) is 0.500. The van der Waals surface area contributed by atoms with Crippen LogP contribution in [-0.4, -0.2) is 69.9 Å². The molecular formula is C10H11N5O4. The predicted octanol–water partition coefficient (Wildman–Crippen LogP) is -1.25. The Morgan fingerprint density at radius 3 is 3.05 bits per heavy atom. The molecule has 19 heavy (non-hydrogen) atoms. The van der Waals surface area contributed by atoms with E-state index in [1.807, 2.05) is 0 Å². The quantitative estimate of drug-likeness (QED) is 0.575. The van der Waals surface area contributed by atoms with Gasteiger partial charge in [-0.3, -0.25) is 5.41 Å². The molecule has 0 aromatic heterocycles. The van der Waals surface area contributed by atoms with Gasteiger partial charge >= 0.3 is 6.03 Å². The van der Waals surface area contributed by atoms with E-state index in [4.69, 9.17) is 15.3 Å². The number of rotatable bonds is 2. The van der Waals surface area contributed by atoms with Gasteiger partial charge in [-0.05, 0) is 0 Å². The van der Waals surface area contributed by atoms with Crippen LogP contribution in [0.2, 0.25) is 0 Å². The fourth-order valence-electron chi connectivity index (χ4n) is 2.19. The van der Waals surface area contributed by atoms with E-state index in [0.717, 1.165) is 6.34 Å². The first-order chi connectivity index (χ1) is 9.11. The van der Waals surface area contributed by atoms with Crippen LogP contribution in [0.25, 0.3) is 0 Å². The van der Waals surface area contributed by atoms with Gasteiger partial charge < -0.3 is 14.9 Å². The van der Waals surface area contributed by atoms with Crippen molar-refractivity contribution >= 4 is 29.8 Å². The number of ether oxygens (including phenoxy) is 1. The molecule has 3 N–H and O–H groups in total. The Morgan fingerprint density at radius 1 is 1.58 bits per heavy atom. The molecule has 0 saturated carbocycles. The minimum absolute atomic E-state index is 0.0954. The van der Waals surface area contributed by atoms with E-state index in [2.05, 4.69) is 15.0 Å². The zero-order chi connectivity index (χ0) is 13.6. The van der Waals surface area contributed by atoms with E-state index < -0.39 is 24.5 Å². The molecule has 100 valence electrons. The molecular weight excluding hydrogens is 254 g/mol. The summed E-state index contributed by atoms with van der Waals surface area (Å²) in [5, 5.41) is 26.3. The van der Waals surface area contributed by atoms with Gasteiger partial charge in [-0.1, -0.05) is 0 Å². The summed E-state index contributed by atoms with van der Waals surface area (Å²) < 4.78 is 5.40. The zero-order valence-electron chi connectivity index (χ0n) is 9.72. The number of nitrogens with one attached hydrogen (secondary N) is 1. The maximum atomic E-state index is 11.9. The van der Waals surface area contributed by atoms with Gasteiger partial charge in [-0.2, -0.15) is 4.99 Å². The molecule has 0 radical (unpaired) electrons. The number of aliphatic hydroxyl groups excluding tert-OH is 2. The lowest BCUT2D eigenvalue weighted by molar-refractivity contribution is -0.0471. The summed E-state index contributed by atoms with van der Waals surface area (Å²) >= 11 is 0. The smallest absolute Gasteiger partial charge is 0.352 e. The van der Waals surface area contributed by atoms with Crippen LogP contribution in [-0.2, 0) is 4.74 Å². The second-order valence-corrected chi connectivity index (χ2v) is 4.27. The maximum Gasteiger partial charge on any atom is 0.352 e. The molecule has 0 unspecified atom stereocenters. The first kappa shape index (κ1) is 12.1. The Labute approximate surface area is 107 Å². The molecule has 9 nitrogen and oxygen atoms in total. The standard InChI is InChI=1S/C10H11N5O4/c11-8-7-9(13-3-12-8)15(10(18)14-7)6-1-4(17)5(2-16)19-6/h3-6,11,16-17H,1-2H2/t4-,5+,6+/m0/s1. The molecule has 2 amide bonds. The number of amidine groups is 2. The van der Waals surface area contributed by atoms with E-state index in [1.54, 1.807) is 0 Å². The molecule has 0 aromatic rings. The monoisotopic (exact) mass is 265 g/mol. The number of amides is 2. The average molecular weight is 265 g/mol. The summed E-state index contributed by atoms with van der Waals surface area (Å²) in [5.41, 5.74) is 0.0954. The van der Waals surface area contributed by atoms with Gasteiger partial charge in [0.05, 0.1) is 12.7 Å². The minimum atomic E-state index is -0.857. The van der Waals surface area contributed by atoms with Crippen LogP contribution in [0.15, 0.2) is 15.0 Å². The molecule has 3 aliphatic rings. The van der Waals surface area contributed by atoms with Crippen LogP contribution in [0.1, 0.15) is 6.42 Å². The molecule has 0 aromatic carbocycles. The summed E-state index contributed by atoms with van der Waals surface area (Å²) in [6.07, 6.45) is -1.03. The Bertz CT molecular complexity index is 540. The van der Waals surface area contributed by atoms with Crippen molar-refractivity contribution in [2.45, 2.75) is 24.9 Å². The number of nitrogens with zero attached hydrogens (tertiary/aromatic N) is 4. The average Bonchev–Trinajstić information content (AvgIpc) is 2.90. The van der Waals surface area contributed by atoms with E-state index in [9.17, 15) is 9.90 Å². The Kier molecular flexibility index (Phi) is 2.73. The third-order valence-corrected chi connectivity index (χ3v) is 3.12. The van der Waals surface area contributed by atoms with Crippen LogP contribution in [0.3, 0.4) is 0 Å². The number of fused-ring (bicyclic) bond motifs is 1. The topological polar surface area (TPSA) is 131 Å².